The highest BCUT2D eigenvalue weighted by Crippen LogP contribution is 2.39. The van der Waals surface area contributed by atoms with E-state index >= 15 is 0 Å². The van der Waals surface area contributed by atoms with Crippen LogP contribution in [0.3, 0.4) is 0 Å². The highest BCUT2D eigenvalue weighted by molar-refractivity contribution is 9.10. The number of unbranched alkanes of at least 4 members (excludes halogenated alkanes) is 1. The third-order valence-electron chi connectivity index (χ3n) is 6.69. The monoisotopic (exact) mass is 547 g/mol. The van der Waals surface area contributed by atoms with Crippen LogP contribution in [0.5, 0.6) is 0 Å². The van der Waals surface area contributed by atoms with Gasteiger partial charge in [0.05, 0.1) is 11.7 Å². The number of amides is 1. The molecule has 0 N–H and O–H groups in total. The molecule has 184 valence electrons. The normalized spacial score (nSPS) is 20.9. The van der Waals surface area contributed by atoms with E-state index in [-0.39, 0.29) is 18.2 Å². The molecule has 0 radical (unpaired) electrons. The number of piperazine rings is 1. The summed E-state index contributed by atoms with van der Waals surface area (Å²) in [5.41, 5.74) is 4.44. The second-order valence-corrected chi connectivity index (χ2v) is 11.8. The van der Waals surface area contributed by atoms with Gasteiger partial charge in [-0.05, 0) is 90.9 Å². The molecule has 0 spiro atoms. The van der Waals surface area contributed by atoms with Crippen molar-refractivity contribution in [2.75, 3.05) is 19.6 Å². The van der Waals surface area contributed by atoms with E-state index in [4.69, 9.17) is 21.3 Å². The van der Waals surface area contributed by atoms with E-state index in [1.807, 2.05) is 37.9 Å². The van der Waals surface area contributed by atoms with Crippen molar-refractivity contribution in [3.63, 3.8) is 0 Å². The molecule has 1 aromatic heterocycles. The average Bonchev–Trinajstić information content (AvgIpc) is 2.92. The molecular formula is C27H35BrClN3O2. The Hall–Kier alpha value is -1.63. The van der Waals surface area contributed by atoms with Crippen LogP contribution >= 0.6 is 27.5 Å². The van der Waals surface area contributed by atoms with Crippen molar-refractivity contribution >= 4 is 33.6 Å². The number of rotatable bonds is 4. The highest BCUT2D eigenvalue weighted by atomic mass is 79.9. The van der Waals surface area contributed by atoms with Crippen LogP contribution in [0.15, 0.2) is 34.9 Å². The Morgan fingerprint density at radius 1 is 1.21 bits per heavy atom. The maximum absolute atomic E-state index is 13.0. The molecule has 0 bridgehead atoms. The maximum atomic E-state index is 13.0. The minimum Gasteiger partial charge on any atom is -0.444 e. The lowest BCUT2D eigenvalue weighted by Crippen LogP contribution is -2.56. The molecule has 7 heteroatoms. The first-order valence-electron chi connectivity index (χ1n) is 12.3. The minimum atomic E-state index is -0.501. The number of nitrogens with zero attached hydrogens (tertiary/aromatic N) is 3. The van der Waals surface area contributed by atoms with E-state index in [9.17, 15) is 4.79 Å². The van der Waals surface area contributed by atoms with E-state index in [1.165, 1.54) is 16.7 Å². The molecule has 2 atom stereocenters. The minimum absolute atomic E-state index is 0.0442. The second kappa shape index (κ2) is 10.5. The summed E-state index contributed by atoms with van der Waals surface area (Å²) in [6.07, 6.45) is 6.71. The van der Waals surface area contributed by atoms with Crippen LogP contribution < -0.4 is 0 Å². The number of hydrogen-bond acceptors (Lipinski definition) is 4. The Kier molecular flexibility index (Phi) is 7.90. The van der Waals surface area contributed by atoms with Crippen LogP contribution in [-0.2, 0) is 17.6 Å². The molecule has 34 heavy (non-hydrogen) atoms. The number of halogens is 2. The molecule has 1 unspecified atom stereocenters. The molecule has 1 aliphatic heterocycles. The standard InChI is InChI=1S/C27H35BrClN3O2/c1-5-6-7-22-17-31(12-13-32(22)26(33)34-27(2,3)4)25-23-11-10-21(29)15-18(23)8-9-19-14-20(28)16-30-24(19)25/h10-11,14-16,22,25H,5-9,12-13,17H2,1-4H3/t22-,25?/m0/s1. The third kappa shape index (κ3) is 5.77. The fourth-order valence-electron chi connectivity index (χ4n) is 5.14. The smallest absolute Gasteiger partial charge is 0.410 e. The lowest BCUT2D eigenvalue weighted by atomic mass is 9.94. The first-order chi connectivity index (χ1) is 16.2. The molecule has 5 nitrogen and oxygen atoms in total. The number of pyridine rings is 1. The predicted octanol–water partition coefficient (Wildman–Crippen LogP) is 6.80. The summed E-state index contributed by atoms with van der Waals surface area (Å²) >= 11 is 10.0. The van der Waals surface area contributed by atoms with Crippen molar-refractivity contribution < 1.29 is 9.53 Å². The topological polar surface area (TPSA) is 45.7 Å². The van der Waals surface area contributed by atoms with Crippen LogP contribution in [-0.4, -0.2) is 52.2 Å². The fraction of sp³-hybridized carbons (Fsp3) is 0.556. The van der Waals surface area contributed by atoms with E-state index in [0.717, 1.165) is 60.4 Å². The highest BCUT2D eigenvalue weighted by Gasteiger charge is 2.38. The van der Waals surface area contributed by atoms with Crippen molar-refractivity contribution in [1.82, 2.24) is 14.8 Å². The SMILES string of the molecule is CCCC[C@H]1CN(C2c3ccc(Cl)cc3CCc3cc(Br)cnc32)CCN1C(=O)OC(C)(C)C. The number of aryl methyl sites for hydroxylation is 2. The number of carbonyl (C=O) groups is 1. The molecule has 2 aliphatic rings. The lowest BCUT2D eigenvalue weighted by molar-refractivity contribution is -0.00735. The van der Waals surface area contributed by atoms with E-state index in [1.54, 1.807) is 0 Å². The van der Waals surface area contributed by atoms with Crippen LogP contribution in [0.2, 0.25) is 5.02 Å². The van der Waals surface area contributed by atoms with Gasteiger partial charge >= 0.3 is 6.09 Å². The second-order valence-electron chi connectivity index (χ2n) is 10.4. The van der Waals surface area contributed by atoms with Gasteiger partial charge in [0.2, 0.25) is 0 Å². The first-order valence-corrected chi connectivity index (χ1v) is 13.5. The van der Waals surface area contributed by atoms with Crippen molar-refractivity contribution in [2.24, 2.45) is 0 Å². The lowest BCUT2D eigenvalue weighted by Gasteiger charge is -2.45. The summed E-state index contributed by atoms with van der Waals surface area (Å²) in [5, 5.41) is 0.771. The summed E-state index contributed by atoms with van der Waals surface area (Å²) in [4.78, 5) is 22.4. The Labute approximate surface area is 217 Å². The Morgan fingerprint density at radius 2 is 1.97 bits per heavy atom. The van der Waals surface area contributed by atoms with Gasteiger partial charge in [-0.2, -0.15) is 0 Å². The molecule has 0 saturated carbocycles. The summed E-state index contributed by atoms with van der Waals surface area (Å²) in [7, 11) is 0. The molecule has 1 aromatic carbocycles. The van der Waals surface area contributed by atoms with Crippen molar-refractivity contribution in [1.29, 1.82) is 0 Å². The van der Waals surface area contributed by atoms with E-state index in [2.05, 4.69) is 46.0 Å². The fourth-order valence-corrected chi connectivity index (χ4v) is 5.72. The third-order valence-corrected chi connectivity index (χ3v) is 7.36. The Morgan fingerprint density at radius 3 is 2.71 bits per heavy atom. The molecule has 1 fully saturated rings. The van der Waals surface area contributed by atoms with E-state index in [0.29, 0.717) is 6.54 Å². The summed E-state index contributed by atoms with van der Waals surface area (Å²) in [6.45, 7) is 10.2. The number of hydrogen-bond donors (Lipinski definition) is 0. The molecule has 1 aliphatic carbocycles. The van der Waals surface area contributed by atoms with Crippen LogP contribution in [0.25, 0.3) is 0 Å². The Balaban J connectivity index is 1.69. The number of ether oxygens (including phenoxy) is 1. The largest absolute Gasteiger partial charge is 0.444 e. The molecule has 2 heterocycles. The van der Waals surface area contributed by atoms with Gasteiger partial charge in [0.1, 0.15) is 5.60 Å². The van der Waals surface area contributed by atoms with Gasteiger partial charge in [-0.1, -0.05) is 37.4 Å². The molecule has 1 amide bonds. The van der Waals surface area contributed by atoms with Crippen LogP contribution in [0.1, 0.15) is 75.4 Å². The van der Waals surface area contributed by atoms with Gasteiger partial charge in [0.25, 0.3) is 0 Å². The van der Waals surface area contributed by atoms with Crippen molar-refractivity contribution in [3.8, 4) is 0 Å². The Bertz CT molecular complexity index is 986. The first kappa shape index (κ1) is 25.5. The number of aromatic nitrogens is 1. The zero-order valence-electron chi connectivity index (χ0n) is 20.6. The van der Waals surface area contributed by atoms with Crippen LogP contribution in [0, 0.1) is 0 Å². The van der Waals surface area contributed by atoms with E-state index < -0.39 is 5.60 Å². The maximum Gasteiger partial charge on any atom is 0.410 e. The summed E-state index contributed by atoms with van der Waals surface area (Å²) < 4.78 is 6.77. The zero-order valence-corrected chi connectivity index (χ0v) is 23.0. The predicted molar refractivity (Wildman–Crippen MR) is 140 cm³/mol. The molecule has 4 rings (SSSR count). The quantitative estimate of drug-likeness (QED) is 0.422. The van der Waals surface area contributed by atoms with Gasteiger partial charge in [0, 0.05) is 41.4 Å². The van der Waals surface area contributed by atoms with Gasteiger partial charge in [-0.25, -0.2) is 4.79 Å². The van der Waals surface area contributed by atoms with Gasteiger partial charge in [-0.15, -0.1) is 0 Å². The van der Waals surface area contributed by atoms with Crippen molar-refractivity contribution in [3.05, 3.63) is 62.3 Å². The zero-order chi connectivity index (χ0) is 24.5. The number of carbonyl (C=O) groups excluding carboxylic acids is 1. The van der Waals surface area contributed by atoms with Gasteiger partial charge < -0.3 is 9.64 Å². The molecule has 1 saturated heterocycles. The average molecular weight is 549 g/mol. The number of benzene rings is 1. The van der Waals surface area contributed by atoms with Gasteiger partial charge in [0.15, 0.2) is 0 Å². The van der Waals surface area contributed by atoms with Crippen LogP contribution in [0.4, 0.5) is 4.79 Å². The summed E-state index contributed by atoms with van der Waals surface area (Å²) in [6, 6.07) is 8.62. The molecular weight excluding hydrogens is 514 g/mol. The van der Waals surface area contributed by atoms with Gasteiger partial charge in [-0.3, -0.25) is 9.88 Å². The molecule has 2 aromatic rings. The van der Waals surface area contributed by atoms with Crippen molar-refractivity contribution in [2.45, 2.75) is 77.5 Å². The summed E-state index contributed by atoms with van der Waals surface area (Å²) in [5.74, 6) is 0. The number of fused-ring (bicyclic) bond motifs is 2.